The Morgan fingerprint density at radius 3 is 2.54 bits per heavy atom. The molecule has 5 nitrogen and oxygen atoms in total. The Hall–Kier alpha value is -1.14. The van der Waals surface area contributed by atoms with Crippen molar-refractivity contribution in [2.45, 2.75) is 52.9 Å². The molecular formula is C18H34N4OS. The summed E-state index contributed by atoms with van der Waals surface area (Å²) in [7, 11) is 1.79. The molecule has 0 saturated carbocycles. The van der Waals surface area contributed by atoms with Crippen LogP contribution >= 0.6 is 11.3 Å². The number of nitrogens with one attached hydrogen (secondary N) is 2. The van der Waals surface area contributed by atoms with Crippen molar-refractivity contribution >= 4 is 17.3 Å². The molecule has 1 heterocycles. The zero-order valence-electron chi connectivity index (χ0n) is 16.1. The molecule has 0 radical (unpaired) electrons. The largest absolute Gasteiger partial charge is 0.380 e. The van der Waals surface area contributed by atoms with Crippen LogP contribution in [-0.4, -0.2) is 44.3 Å². The smallest absolute Gasteiger partial charge is 0.191 e. The van der Waals surface area contributed by atoms with E-state index in [9.17, 15) is 0 Å². The highest BCUT2D eigenvalue weighted by Crippen LogP contribution is 2.23. The molecule has 0 bridgehead atoms. The number of rotatable bonds is 9. The van der Waals surface area contributed by atoms with Gasteiger partial charge < -0.3 is 15.4 Å². The van der Waals surface area contributed by atoms with Gasteiger partial charge in [0.05, 0.1) is 17.3 Å². The lowest BCUT2D eigenvalue weighted by Gasteiger charge is -2.14. The fourth-order valence-electron chi connectivity index (χ4n) is 1.94. The zero-order valence-corrected chi connectivity index (χ0v) is 16.9. The summed E-state index contributed by atoms with van der Waals surface area (Å²) in [5, 5.41) is 9.93. The molecule has 0 atom stereocenters. The molecule has 0 spiro atoms. The second-order valence-electron chi connectivity index (χ2n) is 7.35. The standard InChI is InChI=1S/C18H34N4OS/c1-14(2)8-11-23-12-10-21-17(19-6)20-9-7-16-22-15(13-24-16)18(3,4)5/h13-14H,7-12H2,1-6H3,(H2,19,20,21). The third kappa shape index (κ3) is 8.64. The molecule has 2 N–H and O–H groups in total. The molecular weight excluding hydrogens is 320 g/mol. The fraction of sp³-hybridized carbons (Fsp3) is 0.778. The molecule has 1 aromatic rings. The number of hydrogen-bond donors (Lipinski definition) is 2. The minimum Gasteiger partial charge on any atom is -0.380 e. The summed E-state index contributed by atoms with van der Waals surface area (Å²) in [6.07, 6.45) is 2.02. The van der Waals surface area contributed by atoms with Gasteiger partial charge in [-0.2, -0.15) is 0 Å². The molecule has 1 rings (SSSR count). The summed E-state index contributed by atoms with van der Waals surface area (Å²) in [5.74, 6) is 1.51. The molecule has 138 valence electrons. The van der Waals surface area contributed by atoms with Gasteiger partial charge >= 0.3 is 0 Å². The zero-order chi connectivity index (χ0) is 18.0. The molecule has 1 aromatic heterocycles. The molecule has 0 aliphatic carbocycles. The van der Waals surface area contributed by atoms with Gasteiger partial charge in [-0.3, -0.25) is 4.99 Å². The maximum atomic E-state index is 5.59. The number of nitrogens with zero attached hydrogens (tertiary/aromatic N) is 2. The van der Waals surface area contributed by atoms with Crippen LogP contribution in [0.15, 0.2) is 10.4 Å². The lowest BCUT2D eigenvalue weighted by molar-refractivity contribution is 0.128. The number of ether oxygens (including phenoxy) is 1. The topological polar surface area (TPSA) is 58.5 Å². The Bertz CT molecular complexity index is 491. The van der Waals surface area contributed by atoms with Crippen molar-refractivity contribution < 1.29 is 4.74 Å². The number of hydrogen-bond acceptors (Lipinski definition) is 4. The van der Waals surface area contributed by atoms with Crippen LogP contribution in [0.4, 0.5) is 0 Å². The summed E-state index contributed by atoms with van der Waals surface area (Å²) in [6, 6.07) is 0. The first-order chi connectivity index (χ1) is 11.3. The van der Waals surface area contributed by atoms with Crippen LogP contribution in [0.3, 0.4) is 0 Å². The summed E-state index contributed by atoms with van der Waals surface area (Å²) < 4.78 is 5.59. The van der Waals surface area contributed by atoms with Gasteiger partial charge in [0.15, 0.2) is 5.96 Å². The van der Waals surface area contributed by atoms with Crippen molar-refractivity contribution in [1.29, 1.82) is 0 Å². The number of aromatic nitrogens is 1. The maximum absolute atomic E-state index is 5.59. The van der Waals surface area contributed by atoms with Gasteiger partial charge in [0.1, 0.15) is 0 Å². The van der Waals surface area contributed by atoms with Crippen molar-refractivity contribution in [2.75, 3.05) is 33.4 Å². The first kappa shape index (κ1) is 20.9. The molecule has 0 aliphatic heterocycles. The average molecular weight is 355 g/mol. The number of thiazole rings is 1. The Labute approximate surface area is 151 Å². The number of aliphatic imine (C=N–C) groups is 1. The van der Waals surface area contributed by atoms with Crippen molar-refractivity contribution in [1.82, 2.24) is 15.6 Å². The molecule has 0 amide bonds. The van der Waals surface area contributed by atoms with Crippen LogP contribution < -0.4 is 10.6 Å². The Kier molecular flexibility index (Phi) is 9.29. The van der Waals surface area contributed by atoms with Gasteiger partial charge in [-0.1, -0.05) is 34.6 Å². The average Bonchev–Trinajstić information content (AvgIpc) is 2.97. The minimum absolute atomic E-state index is 0.120. The molecule has 24 heavy (non-hydrogen) atoms. The highest BCUT2D eigenvalue weighted by Gasteiger charge is 2.17. The van der Waals surface area contributed by atoms with Gasteiger partial charge in [0.25, 0.3) is 0 Å². The van der Waals surface area contributed by atoms with Crippen LogP contribution in [0.1, 0.15) is 51.7 Å². The van der Waals surface area contributed by atoms with E-state index in [0.717, 1.165) is 38.5 Å². The van der Waals surface area contributed by atoms with Crippen molar-refractivity contribution in [3.8, 4) is 0 Å². The van der Waals surface area contributed by atoms with Crippen molar-refractivity contribution in [3.05, 3.63) is 16.1 Å². The molecule has 0 saturated heterocycles. The normalized spacial score (nSPS) is 12.7. The predicted molar refractivity (Wildman–Crippen MR) is 104 cm³/mol. The van der Waals surface area contributed by atoms with Crippen molar-refractivity contribution in [2.24, 2.45) is 10.9 Å². The van der Waals surface area contributed by atoms with E-state index in [1.165, 1.54) is 10.7 Å². The highest BCUT2D eigenvalue weighted by atomic mass is 32.1. The molecule has 6 heteroatoms. The third-order valence-corrected chi connectivity index (χ3v) is 4.46. The lowest BCUT2D eigenvalue weighted by Crippen LogP contribution is -2.39. The van der Waals surface area contributed by atoms with Gasteiger partial charge in [-0.15, -0.1) is 11.3 Å². The van der Waals surface area contributed by atoms with Crippen LogP contribution in [-0.2, 0) is 16.6 Å². The molecule has 0 aromatic carbocycles. The van der Waals surface area contributed by atoms with E-state index in [-0.39, 0.29) is 5.41 Å². The summed E-state index contributed by atoms with van der Waals surface area (Å²) in [5.41, 5.74) is 1.29. The fourth-order valence-corrected chi connectivity index (χ4v) is 2.97. The Morgan fingerprint density at radius 1 is 1.25 bits per heavy atom. The van der Waals surface area contributed by atoms with Crippen LogP contribution in [0.5, 0.6) is 0 Å². The third-order valence-electron chi connectivity index (χ3n) is 3.55. The second-order valence-corrected chi connectivity index (χ2v) is 8.29. The highest BCUT2D eigenvalue weighted by molar-refractivity contribution is 7.09. The van der Waals surface area contributed by atoms with Crippen LogP contribution in [0.2, 0.25) is 0 Å². The summed E-state index contributed by atoms with van der Waals surface area (Å²) in [6.45, 7) is 14.1. The van der Waals surface area contributed by atoms with Gasteiger partial charge in [0.2, 0.25) is 0 Å². The van der Waals surface area contributed by atoms with E-state index in [1.54, 1.807) is 18.4 Å². The van der Waals surface area contributed by atoms with Crippen LogP contribution in [0.25, 0.3) is 0 Å². The summed E-state index contributed by atoms with van der Waals surface area (Å²) in [4.78, 5) is 8.94. The molecule has 0 unspecified atom stereocenters. The van der Waals surface area contributed by atoms with E-state index < -0.39 is 0 Å². The first-order valence-electron chi connectivity index (χ1n) is 8.80. The van der Waals surface area contributed by atoms with Gasteiger partial charge in [-0.05, 0) is 12.3 Å². The maximum Gasteiger partial charge on any atom is 0.191 e. The van der Waals surface area contributed by atoms with E-state index >= 15 is 0 Å². The van der Waals surface area contributed by atoms with E-state index in [2.05, 4.69) is 55.6 Å². The lowest BCUT2D eigenvalue weighted by atomic mass is 9.93. The number of guanidine groups is 1. The summed E-state index contributed by atoms with van der Waals surface area (Å²) >= 11 is 1.73. The monoisotopic (exact) mass is 354 g/mol. The first-order valence-corrected chi connectivity index (χ1v) is 9.68. The molecule has 0 fully saturated rings. The van der Waals surface area contributed by atoms with E-state index in [4.69, 9.17) is 9.72 Å². The van der Waals surface area contributed by atoms with Crippen LogP contribution in [0, 0.1) is 5.92 Å². The van der Waals surface area contributed by atoms with E-state index in [1.807, 2.05) is 0 Å². The second kappa shape index (κ2) is 10.7. The Morgan fingerprint density at radius 2 is 1.96 bits per heavy atom. The minimum atomic E-state index is 0.120. The SMILES string of the molecule is CN=C(NCCOCCC(C)C)NCCc1nc(C(C)(C)C)cs1. The Balaban J connectivity index is 2.19. The quantitative estimate of drug-likeness (QED) is 0.406. The van der Waals surface area contributed by atoms with Gasteiger partial charge in [0, 0.05) is 44.0 Å². The van der Waals surface area contributed by atoms with E-state index in [0.29, 0.717) is 12.5 Å². The predicted octanol–water partition coefficient (Wildman–Crippen LogP) is 3.21. The van der Waals surface area contributed by atoms with Gasteiger partial charge in [-0.25, -0.2) is 4.98 Å². The molecule has 0 aliphatic rings. The van der Waals surface area contributed by atoms with Crippen molar-refractivity contribution in [3.63, 3.8) is 0 Å².